The molecule has 1 aromatic heterocycles. The van der Waals surface area contributed by atoms with Crippen LogP contribution in [0.15, 0.2) is 27.6 Å². The molecule has 1 aliphatic heterocycles. The molecule has 27 heavy (non-hydrogen) atoms. The Morgan fingerprint density at radius 3 is 2.41 bits per heavy atom. The second-order valence-corrected chi connectivity index (χ2v) is 9.50. The number of sulfonamides is 1. The maximum Gasteiger partial charge on any atom is 0.252 e. The third-order valence-electron chi connectivity index (χ3n) is 5.10. The number of hydrogen-bond acceptors (Lipinski definition) is 6. The predicted octanol–water partition coefficient (Wildman–Crippen LogP) is 2.93. The predicted molar refractivity (Wildman–Crippen MR) is 98.8 cm³/mol. The van der Waals surface area contributed by atoms with Crippen molar-refractivity contribution in [2.75, 3.05) is 13.1 Å². The standard InChI is InChI=1S/C19H25N3O4S/c1-13-9-14(2)11-17(10-13)27(23,24)22-7-5-16(6-8-22)25-12-18-20-19(21-26-18)15-3-4-15/h9-11,15-16H,3-8,12H2,1-2H3. The van der Waals surface area contributed by atoms with Crippen LogP contribution < -0.4 is 0 Å². The maximum absolute atomic E-state index is 12.9. The SMILES string of the molecule is Cc1cc(C)cc(S(=O)(=O)N2CCC(OCc3nc(C4CC4)no3)CC2)c1. The molecule has 0 spiro atoms. The molecule has 2 aliphatic rings. The highest BCUT2D eigenvalue weighted by molar-refractivity contribution is 7.89. The summed E-state index contributed by atoms with van der Waals surface area (Å²) in [6.07, 6.45) is 3.59. The number of rotatable bonds is 6. The van der Waals surface area contributed by atoms with Crippen LogP contribution in [0.5, 0.6) is 0 Å². The molecule has 146 valence electrons. The molecule has 8 heteroatoms. The van der Waals surface area contributed by atoms with Crippen LogP contribution in [-0.4, -0.2) is 42.1 Å². The van der Waals surface area contributed by atoms with Crippen LogP contribution in [0.25, 0.3) is 0 Å². The quantitative estimate of drug-likeness (QED) is 0.753. The van der Waals surface area contributed by atoms with E-state index in [2.05, 4.69) is 10.1 Å². The van der Waals surface area contributed by atoms with Gasteiger partial charge < -0.3 is 9.26 Å². The summed E-state index contributed by atoms with van der Waals surface area (Å²) in [5.41, 5.74) is 1.91. The second kappa shape index (κ2) is 7.33. The normalized spacial score (nSPS) is 19.5. The van der Waals surface area contributed by atoms with E-state index in [1.54, 1.807) is 16.4 Å². The number of ether oxygens (including phenoxy) is 1. The molecule has 2 aromatic rings. The fourth-order valence-corrected chi connectivity index (χ4v) is 5.15. The van der Waals surface area contributed by atoms with E-state index < -0.39 is 10.0 Å². The Morgan fingerprint density at radius 1 is 1.11 bits per heavy atom. The molecule has 1 aliphatic carbocycles. The van der Waals surface area contributed by atoms with Gasteiger partial charge in [0.1, 0.15) is 6.61 Å². The lowest BCUT2D eigenvalue weighted by molar-refractivity contribution is -0.00119. The summed E-state index contributed by atoms with van der Waals surface area (Å²) in [5.74, 6) is 1.74. The van der Waals surface area contributed by atoms with Crippen LogP contribution in [-0.2, 0) is 21.4 Å². The van der Waals surface area contributed by atoms with Crippen LogP contribution in [0, 0.1) is 13.8 Å². The maximum atomic E-state index is 12.9. The lowest BCUT2D eigenvalue weighted by Crippen LogP contribution is -2.40. The molecule has 7 nitrogen and oxygen atoms in total. The van der Waals surface area contributed by atoms with Crippen molar-refractivity contribution in [3.63, 3.8) is 0 Å². The zero-order chi connectivity index (χ0) is 19.0. The molecule has 2 heterocycles. The number of hydrogen-bond donors (Lipinski definition) is 0. The Bertz CT molecular complexity index is 893. The molecular formula is C19H25N3O4S. The smallest absolute Gasteiger partial charge is 0.252 e. The summed E-state index contributed by atoms with van der Waals surface area (Å²) in [5, 5.41) is 3.98. The molecule has 1 saturated heterocycles. The number of benzene rings is 1. The molecule has 2 fully saturated rings. The number of aryl methyl sites for hydroxylation is 2. The first-order chi connectivity index (χ1) is 12.9. The van der Waals surface area contributed by atoms with Gasteiger partial charge in [-0.15, -0.1) is 0 Å². The number of aromatic nitrogens is 2. The van der Waals surface area contributed by atoms with Gasteiger partial charge in [-0.3, -0.25) is 0 Å². The van der Waals surface area contributed by atoms with Crippen molar-refractivity contribution in [1.29, 1.82) is 0 Å². The van der Waals surface area contributed by atoms with Gasteiger partial charge in [0.25, 0.3) is 5.89 Å². The number of piperidine rings is 1. The van der Waals surface area contributed by atoms with E-state index in [1.165, 1.54) is 0 Å². The highest BCUT2D eigenvalue weighted by Crippen LogP contribution is 2.38. The van der Waals surface area contributed by atoms with Crippen molar-refractivity contribution in [1.82, 2.24) is 14.4 Å². The third-order valence-corrected chi connectivity index (χ3v) is 6.98. The Kier molecular flexibility index (Phi) is 5.05. The number of nitrogens with zero attached hydrogens (tertiary/aromatic N) is 3. The van der Waals surface area contributed by atoms with Crippen LogP contribution in [0.1, 0.15) is 54.4 Å². The Morgan fingerprint density at radius 2 is 1.78 bits per heavy atom. The fraction of sp³-hybridized carbons (Fsp3) is 0.579. The highest BCUT2D eigenvalue weighted by Gasteiger charge is 2.31. The van der Waals surface area contributed by atoms with E-state index in [1.807, 2.05) is 19.9 Å². The lowest BCUT2D eigenvalue weighted by atomic mass is 10.1. The monoisotopic (exact) mass is 391 g/mol. The lowest BCUT2D eigenvalue weighted by Gasteiger charge is -2.31. The van der Waals surface area contributed by atoms with Gasteiger partial charge in [0.05, 0.1) is 11.0 Å². The first-order valence-electron chi connectivity index (χ1n) is 9.44. The average molecular weight is 391 g/mol. The van der Waals surface area contributed by atoms with E-state index in [9.17, 15) is 8.42 Å². The fourth-order valence-electron chi connectivity index (χ4n) is 3.49. The molecule has 0 amide bonds. The minimum Gasteiger partial charge on any atom is -0.368 e. The summed E-state index contributed by atoms with van der Waals surface area (Å²) in [4.78, 5) is 4.73. The third kappa shape index (κ3) is 4.23. The van der Waals surface area contributed by atoms with Crippen LogP contribution in [0.3, 0.4) is 0 Å². The van der Waals surface area contributed by atoms with Crippen LogP contribution >= 0.6 is 0 Å². The first kappa shape index (κ1) is 18.6. The Hall–Kier alpha value is -1.77. The van der Waals surface area contributed by atoms with Gasteiger partial charge in [-0.25, -0.2) is 8.42 Å². The zero-order valence-corrected chi connectivity index (χ0v) is 16.5. The molecule has 0 N–H and O–H groups in total. The summed E-state index contributed by atoms with van der Waals surface area (Å²) in [6.45, 7) is 5.03. The van der Waals surface area contributed by atoms with Crippen LogP contribution in [0.4, 0.5) is 0 Å². The largest absolute Gasteiger partial charge is 0.368 e. The van der Waals surface area contributed by atoms with E-state index in [0.29, 0.717) is 42.6 Å². The van der Waals surface area contributed by atoms with Crippen molar-refractivity contribution in [2.24, 2.45) is 0 Å². The van der Waals surface area contributed by atoms with Gasteiger partial charge in [-0.05, 0) is 62.8 Å². The van der Waals surface area contributed by atoms with Gasteiger partial charge in [-0.2, -0.15) is 9.29 Å². The topological polar surface area (TPSA) is 85.5 Å². The van der Waals surface area contributed by atoms with Gasteiger partial charge in [0.2, 0.25) is 10.0 Å². The summed E-state index contributed by atoms with van der Waals surface area (Å²) in [7, 11) is -3.46. The molecule has 0 radical (unpaired) electrons. The zero-order valence-electron chi connectivity index (χ0n) is 15.7. The molecule has 0 unspecified atom stereocenters. The first-order valence-corrected chi connectivity index (χ1v) is 10.9. The van der Waals surface area contributed by atoms with E-state index in [0.717, 1.165) is 29.8 Å². The van der Waals surface area contributed by atoms with Gasteiger partial charge in [-0.1, -0.05) is 11.2 Å². The molecular weight excluding hydrogens is 366 g/mol. The minimum absolute atomic E-state index is 0.00645. The van der Waals surface area contributed by atoms with Gasteiger partial charge in [0, 0.05) is 19.0 Å². The van der Waals surface area contributed by atoms with Crippen molar-refractivity contribution in [3.8, 4) is 0 Å². The summed E-state index contributed by atoms with van der Waals surface area (Å²) < 4.78 is 38.4. The minimum atomic E-state index is -3.46. The van der Waals surface area contributed by atoms with Crippen molar-refractivity contribution in [3.05, 3.63) is 41.0 Å². The van der Waals surface area contributed by atoms with Crippen LogP contribution in [0.2, 0.25) is 0 Å². The molecule has 0 atom stereocenters. The van der Waals surface area contributed by atoms with Gasteiger partial charge in [0.15, 0.2) is 5.82 Å². The van der Waals surface area contributed by atoms with Crippen molar-refractivity contribution < 1.29 is 17.7 Å². The van der Waals surface area contributed by atoms with E-state index in [-0.39, 0.29) is 12.7 Å². The van der Waals surface area contributed by atoms with Gasteiger partial charge >= 0.3 is 0 Å². The second-order valence-electron chi connectivity index (χ2n) is 7.56. The molecule has 4 rings (SSSR count). The summed E-state index contributed by atoms with van der Waals surface area (Å²) in [6, 6.07) is 5.45. The van der Waals surface area contributed by atoms with Crippen molar-refractivity contribution in [2.45, 2.75) is 63.1 Å². The van der Waals surface area contributed by atoms with Crippen molar-refractivity contribution >= 4 is 10.0 Å². The summed E-state index contributed by atoms with van der Waals surface area (Å²) >= 11 is 0. The average Bonchev–Trinajstić information content (AvgIpc) is 3.38. The Labute approximate surface area is 159 Å². The molecule has 0 bridgehead atoms. The van der Waals surface area contributed by atoms with E-state index >= 15 is 0 Å². The Balaban J connectivity index is 1.32. The molecule has 1 saturated carbocycles. The van der Waals surface area contributed by atoms with E-state index in [4.69, 9.17) is 9.26 Å². The highest BCUT2D eigenvalue weighted by atomic mass is 32.2. The molecule has 1 aromatic carbocycles.